The number of halogens is 1. The molecule has 1 atom stereocenters. The summed E-state index contributed by atoms with van der Waals surface area (Å²) in [5, 5.41) is 4.27. The van der Waals surface area contributed by atoms with Gasteiger partial charge in [-0.3, -0.25) is 4.68 Å². The van der Waals surface area contributed by atoms with Crippen LogP contribution < -0.4 is 10.5 Å². The number of methoxy groups -OCH3 is 1. The Kier molecular flexibility index (Phi) is 4.09. The zero-order valence-electron chi connectivity index (χ0n) is 12.2. The van der Waals surface area contributed by atoms with Crippen LogP contribution in [0.5, 0.6) is 5.75 Å². The summed E-state index contributed by atoms with van der Waals surface area (Å²) in [6.07, 6.45) is 1.61. The summed E-state index contributed by atoms with van der Waals surface area (Å²) in [4.78, 5) is 0. The lowest BCUT2D eigenvalue weighted by Crippen LogP contribution is -2.20. The Morgan fingerprint density at radius 1 is 1.35 bits per heavy atom. The summed E-state index contributed by atoms with van der Waals surface area (Å²) in [6.45, 7) is 5.83. The molecule has 2 N–H and O–H groups in total. The van der Waals surface area contributed by atoms with E-state index in [1.807, 2.05) is 26.8 Å². The minimum absolute atomic E-state index is 0.119. The molecule has 2 aromatic rings. The maximum absolute atomic E-state index is 14.1. The van der Waals surface area contributed by atoms with Crippen LogP contribution in [-0.4, -0.2) is 16.9 Å². The molecule has 0 saturated heterocycles. The van der Waals surface area contributed by atoms with E-state index in [-0.39, 0.29) is 11.9 Å². The van der Waals surface area contributed by atoms with Crippen LogP contribution in [0.2, 0.25) is 0 Å². The van der Waals surface area contributed by atoms with Gasteiger partial charge in [0.1, 0.15) is 11.5 Å². The molecule has 0 aliphatic carbocycles. The number of hydrogen-bond acceptors (Lipinski definition) is 3. The molecule has 108 valence electrons. The molecular weight excluding hydrogens is 257 g/mol. The maximum Gasteiger partial charge on any atom is 0.161 e. The molecule has 2 rings (SSSR count). The second kappa shape index (κ2) is 5.63. The van der Waals surface area contributed by atoms with E-state index in [4.69, 9.17) is 10.5 Å². The normalized spacial score (nSPS) is 12.8. The van der Waals surface area contributed by atoms with Gasteiger partial charge in [-0.2, -0.15) is 5.10 Å². The number of nitrogens with zero attached hydrogens (tertiary/aromatic N) is 2. The molecule has 1 heterocycles. The Balaban J connectivity index is 2.52. The molecule has 0 aliphatic heterocycles. The number of benzene rings is 1. The lowest BCUT2D eigenvalue weighted by atomic mass is 10.0. The highest BCUT2D eigenvalue weighted by Gasteiger charge is 2.23. The molecule has 20 heavy (non-hydrogen) atoms. The number of aromatic nitrogens is 2. The molecule has 0 radical (unpaired) electrons. The van der Waals surface area contributed by atoms with Crippen LogP contribution in [-0.2, 0) is 0 Å². The van der Waals surface area contributed by atoms with Crippen molar-refractivity contribution in [3.05, 3.63) is 47.0 Å². The number of rotatable bonds is 4. The fraction of sp³-hybridized carbons (Fsp3) is 0.400. The van der Waals surface area contributed by atoms with Gasteiger partial charge in [0.15, 0.2) is 5.75 Å². The van der Waals surface area contributed by atoms with Crippen LogP contribution in [0.3, 0.4) is 0 Å². The van der Waals surface area contributed by atoms with Gasteiger partial charge in [0.05, 0.1) is 19.3 Å². The van der Waals surface area contributed by atoms with Crippen LogP contribution in [0.25, 0.3) is 0 Å². The monoisotopic (exact) mass is 277 g/mol. The van der Waals surface area contributed by atoms with Gasteiger partial charge in [0, 0.05) is 11.6 Å². The summed E-state index contributed by atoms with van der Waals surface area (Å²) in [5.41, 5.74) is 8.24. The van der Waals surface area contributed by atoms with E-state index >= 15 is 0 Å². The molecule has 0 saturated carbocycles. The molecule has 0 bridgehead atoms. The first-order chi connectivity index (χ1) is 9.45. The Morgan fingerprint density at radius 3 is 2.60 bits per heavy atom. The van der Waals surface area contributed by atoms with E-state index in [0.29, 0.717) is 17.0 Å². The Labute approximate surface area is 118 Å². The number of hydrogen-bond donors (Lipinski definition) is 1. The van der Waals surface area contributed by atoms with E-state index < -0.39 is 6.04 Å². The lowest BCUT2D eigenvalue weighted by molar-refractivity contribution is 0.400. The molecule has 1 aromatic heterocycles. The molecule has 0 aliphatic rings. The summed E-state index contributed by atoms with van der Waals surface area (Å²) in [6, 6.07) is 4.55. The first-order valence-corrected chi connectivity index (χ1v) is 6.58. The van der Waals surface area contributed by atoms with Crippen molar-refractivity contribution in [2.45, 2.75) is 32.9 Å². The highest BCUT2D eigenvalue weighted by molar-refractivity contribution is 5.38. The van der Waals surface area contributed by atoms with Crippen molar-refractivity contribution in [3.63, 3.8) is 0 Å². The topological polar surface area (TPSA) is 53.1 Å². The average Bonchev–Trinajstić information content (AvgIpc) is 2.81. The third-order valence-electron chi connectivity index (χ3n) is 3.29. The Bertz CT molecular complexity index is 607. The van der Waals surface area contributed by atoms with Gasteiger partial charge in [0.2, 0.25) is 0 Å². The smallest absolute Gasteiger partial charge is 0.161 e. The van der Waals surface area contributed by atoms with E-state index in [1.54, 1.807) is 24.1 Å². The summed E-state index contributed by atoms with van der Waals surface area (Å²) < 4.78 is 21.2. The van der Waals surface area contributed by atoms with Gasteiger partial charge in [0.25, 0.3) is 0 Å². The largest absolute Gasteiger partial charge is 0.493 e. The van der Waals surface area contributed by atoms with Crippen molar-refractivity contribution in [2.24, 2.45) is 5.73 Å². The standard InChI is InChI=1S/C15H20FN3O/c1-9(2)19-15(13(20-4)8-18-19)14(17)11-6-5-10(3)7-12(11)16/h5-9,14H,17H2,1-4H3. The quantitative estimate of drug-likeness (QED) is 0.934. The third-order valence-corrected chi connectivity index (χ3v) is 3.29. The summed E-state index contributed by atoms with van der Waals surface area (Å²) in [7, 11) is 1.56. The zero-order valence-corrected chi connectivity index (χ0v) is 12.2. The predicted octanol–water partition coefficient (Wildman–Crippen LogP) is 2.97. The summed E-state index contributed by atoms with van der Waals surface area (Å²) in [5.74, 6) is 0.266. The van der Waals surface area contributed by atoms with E-state index in [2.05, 4.69) is 5.10 Å². The van der Waals surface area contributed by atoms with Crippen LogP contribution in [0.4, 0.5) is 4.39 Å². The zero-order chi connectivity index (χ0) is 14.9. The second-order valence-electron chi connectivity index (χ2n) is 5.14. The molecular formula is C15H20FN3O. The van der Waals surface area contributed by atoms with Gasteiger partial charge in [-0.15, -0.1) is 0 Å². The van der Waals surface area contributed by atoms with Crippen molar-refractivity contribution in [1.82, 2.24) is 9.78 Å². The van der Waals surface area contributed by atoms with Gasteiger partial charge >= 0.3 is 0 Å². The van der Waals surface area contributed by atoms with E-state index in [1.165, 1.54) is 6.07 Å². The second-order valence-corrected chi connectivity index (χ2v) is 5.14. The molecule has 4 nitrogen and oxygen atoms in total. The van der Waals surface area contributed by atoms with Gasteiger partial charge in [-0.05, 0) is 32.4 Å². The molecule has 0 fully saturated rings. The first kappa shape index (κ1) is 14.5. The van der Waals surface area contributed by atoms with Gasteiger partial charge in [-0.25, -0.2) is 4.39 Å². The van der Waals surface area contributed by atoms with Crippen molar-refractivity contribution in [1.29, 1.82) is 0 Å². The summed E-state index contributed by atoms with van der Waals surface area (Å²) >= 11 is 0. The highest BCUT2D eigenvalue weighted by Crippen LogP contribution is 2.31. The predicted molar refractivity (Wildman–Crippen MR) is 76.3 cm³/mol. The lowest BCUT2D eigenvalue weighted by Gasteiger charge is -2.19. The molecule has 0 amide bonds. The Hall–Kier alpha value is -1.88. The van der Waals surface area contributed by atoms with E-state index in [0.717, 1.165) is 5.56 Å². The minimum atomic E-state index is -0.615. The number of nitrogens with two attached hydrogens (primary N) is 1. The van der Waals surface area contributed by atoms with Crippen LogP contribution in [0, 0.1) is 12.7 Å². The van der Waals surface area contributed by atoms with Gasteiger partial charge < -0.3 is 10.5 Å². The maximum atomic E-state index is 14.1. The molecule has 0 spiro atoms. The Morgan fingerprint density at radius 2 is 2.05 bits per heavy atom. The fourth-order valence-electron chi connectivity index (χ4n) is 2.25. The minimum Gasteiger partial charge on any atom is -0.493 e. The fourth-order valence-corrected chi connectivity index (χ4v) is 2.25. The number of ether oxygens (including phenoxy) is 1. The van der Waals surface area contributed by atoms with Crippen LogP contribution in [0.15, 0.2) is 24.4 Å². The SMILES string of the molecule is COc1cnn(C(C)C)c1C(N)c1ccc(C)cc1F. The average molecular weight is 277 g/mol. The molecule has 1 aromatic carbocycles. The van der Waals surface area contributed by atoms with E-state index in [9.17, 15) is 4.39 Å². The molecule has 5 heteroatoms. The third kappa shape index (κ3) is 2.54. The van der Waals surface area contributed by atoms with Crippen molar-refractivity contribution >= 4 is 0 Å². The van der Waals surface area contributed by atoms with Crippen molar-refractivity contribution in [3.8, 4) is 5.75 Å². The van der Waals surface area contributed by atoms with Crippen molar-refractivity contribution in [2.75, 3.05) is 7.11 Å². The first-order valence-electron chi connectivity index (χ1n) is 6.58. The molecule has 1 unspecified atom stereocenters. The van der Waals surface area contributed by atoms with Gasteiger partial charge in [-0.1, -0.05) is 12.1 Å². The van der Waals surface area contributed by atoms with Crippen LogP contribution >= 0.6 is 0 Å². The van der Waals surface area contributed by atoms with Crippen molar-refractivity contribution < 1.29 is 9.13 Å². The number of aryl methyl sites for hydroxylation is 1. The van der Waals surface area contributed by atoms with Crippen LogP contribution in [0.1, 0.15) is 42.8 Å². The highest BCUT2D eigenvalue weighted by atomic mass is 19.1.